The van der Waals surface area contributed by atoms with E-state index in [9.17, 15) is 4.39 Å². The first-order valence-corrected chi connectivity index (χ1v) is 7.39. The Hall–Kier alpha value is -1.53. The van der Waals surface area contributed by atoms with E-state index >= 15 is 0 Å². The molecule has 3 rings (SSSR count). The number of rotatable bonds is 2. The van der Waals surface area contributed by atoms with Crippen molar-refractivity contribution in [2.75, 3.05) is 0 Å². The third kappa shape index (κ3) is 1.99. The van der Waals surface area contributed by atoms with Crippen LogP contribution in [0.15, 0.2) is 11.6 Å². The molecular weight excluding hydrogens is 299 g/mol. The average Bonchev–Trinajstić information content (AvgIpc) is 2.92. The molecule has 0 saturated heterocycles. The van der Waals surface area contributed by atoms with Crippen LogP contribution in [0.25, 0.3) is 21.9 Å². The molecule has 20 heavy (non-hydrogen) atoms. The van der Waals surface area contributed by atoms with Gasteiger partial charge in [-0.1, -0.05) is 0 Å². The van der Waals surface area contributed by atoms with Crippen LogP contribution >= 0.6 is 22.9 Å². The van der Waals surface area contributed by atoms with Gasteiger partial charge in [0, 0.05) is 6.04 Å². The molecule has 0 amide bonds. The summed E-state index contributed by atoms with van der Waals surface area (Å²) in [4.78, 5) is 13.2. The van der Waals surface area contributed by atoms with Crippen molar-refractivity contribution in [3.05, 3.63) is 28.2 Å². The number of aromatic nitrogens is 4. The zero-order valence-corrected chi connectivity index (χ0v) is 12.8. The van der Waals surface area contributed by atoms with Gasteiger partial charge in [-0.3, -0.25) is 0 Å². The molecule has 0 aliphatic heterocycles. The molecular formula is C13H12ClFN4S. The molecule has 0 saturated carbocycles. The van der Waals surface area contributed by atoms with Crippen molar-refractivity contribution in [2.45, 2.75) is 26.8 Å². The number of halogens is 2. The quantitative estimate of drug-likeness (QED) is 0.665. The number of thiophene rings is 1. The number of aryl methyl sites for hydroxylation is 1. The van der Waals surface area contributed by atoms with Crippen molar-refractivity contribution in [1.29, 1.82) is 0 Å². The van der Waals surface area contributed by atoms with Crippen LogP contribution < -0.4 is 0 Å². The molecule has 3 aromatic rings. The van der Waals surface area contributed by atoms with Gasteiger partial charge in [-0.05, 0) is 43.3 Å². The van der Waals surface area contributed by atoms with Gasteiger partial charge in [0.25, 0.3) is 0 Å². The Labute approximate surface area is 124 Å². The van der Waals surface area contributed by atoms with Crippen LogP contribution in [0.4, 0.5) is 4.39 Å². The summed E-state index contributed by atoms with van der Waals surface area (Å²) in [6.07, 6.45) is 1.07. The molecule has 0 fully saturated rings. The zero-order chi connectivity index (χ0) is 14.4. The Kier molecular flexibility index (Phi) is 3.22. The number of hydrogen-bond acceptors (Lipinski definition) is 4. The molecule has 104 valence electrons. The lowest BCUT2D eigenvalue weighted by Gasteiger charge is -2.12. The van der Waals surface area contributed by atoms with Gasteiger partial charge in [0.1, 0.15) is 16.0 Å². The van der Waals surface area contributed by atoms with Crippen LogP contribution in [-0.2, 0) is 0 Å². The molecule has 0 bridgehead atoms. The maximum Gasteiger partial charge on any atom is 0.223 e. The predicted molar refractivity (Wildman–Crippen MR) is 78.7 cm³/mol. The van der Waals surface area contributed by atoms with E-state index in [4.69, 9.17) is 11.6 Å². The third-order valence-corrected chi connectivity index (χ3v) is 4.30. The Morgan fingerprint density at radius 3 is 2.80 bits per heavy atom. The van der Waals surface area contributed by atoms with Crippen molar-refractivity contribution in [3.8, 4) is 11.5 Å². The first-order valence-electron chi connectivity index (χ1n) is 6.13. The molecule has 0 spiro atoms. The van der Waals surface area contributed by atoms with Gasteiger partial charge >= 0.3 is 0 Å². The predicted octanol–water partition coefficient (Wildman–Crippen LogP) is 4.24. The van der Waals surface area contributed by atoms with Crippen LogP contribution in [0.3, 0.4) is 0 Å². The summed E-state index contributed by atoms with van der Waals surface area (Å²) < 4.78 is 16.0. The van der Waals surface area contributed by atoms with Gasteiger partial charge in [-0.15, -0.1) is 11.3 Å². The molecule has 0 aliphatic rings. The SMILES string of the molecule is Cc1csc2c1nc(-c1nc(Cl)ncc1F)n2C(C)C. The number of nitrogens with zero attached hydrogens (tertiary/aromatic N) is 4. The minimum Gasteiger partial charge on any atom is -0.312 e. The Morgan fingerprint density at radius 2 is 2.10 bits per heavy atom. The summed E-state index contributed by atoms with van der Waals surface area (Å²) >= 11 is 7.38. The second-order valence-electron chi connectivity index (χ2n) is 4.81. The second-order valence-corrected chi connectivity index (χ2v) is 6.00. The van der Waals surface area contributed by atoms with Crippen molar-refractivity contribution < 1.29 is 4.39 Å². The summed E-state index contributed by atoms with van der Waals surface area (Å²) in [6, 6.07) is 0.140. The van der Waals surface area contributed by atoms with E-state index in [0.29, 0.717) is 5.82 Å². The van der Waals surface area contributed by atoms with Crippen molar-refractivity contribution in [3.63, 3.8) is 0 Å². The molecule has 0 aliphatic carbocycles. The highest BCUT2D eigenvalue weighted by Crippen LogP contribution is 2.33. The van der Waals surface area contributed by atoms with Crippen LogP contribution in [0.2, 0.25) is 5.28 Å². The standard InChI is InChI=1S/C13H12ClFN4S/c1-6(2)19-11(10-8(15)4-16-13(14)18-10)17-9-7(3)5-20-12(9)19/h4-6H,1-3H3. The molecule has 0 atom stereocenters. The molecule has 3 aromatic heterocycles. The Morgan fingerprint density at radius 1 is 1.35 bits per heavy atom. The molecule has 7 heteroatoms. The van der Waals surface area contributed by atoms with Crippen molar-refractivity contribution >= 4 is 33.3 Å². The fourth-order valence-corrected chi connectivity index (χ4v) is 3.40. The lowest BCUT2D eigenvalue weighted by molar-refractivity contribution is 0.599. The van der Waals surface area contributed by atoms with Crippen LogP contribution in [0.1, 0.15) is 25.5 Å². The fraction of sp³-hybridized carbons (Fsp3) is 0.308. The largest absolute Gasteiger partial charge is 0.312 e. The minimum atomic E-state index is -0.522. The highest BCUT2D eigenvalue weighted by molar-refractivity contribution is 7.17. The topological polar surface area (TPSA) is 43.6 Å². The lowest BCUT2D eigenvalue weighted by Crippen LogP contribution is -2.05. The smallest absolute Gasteiger partial charge is 0.223 e. The summed E-state index contributed by atoms with van der Waals surface area (Å²) in [7, 11) is 0. The average molecular weight is 311 g/mol. The van der Waals surface area contributed by atoms with Crippen LogP contribution in [0.5, 0.6) is 0 Å². The third-order valence-electron chi connectivity index (χ3n) is 3.03. The highest BCUT2D eigenvalue weighted by atomic mass is 35.5. The van der Waals surface area contributed by atoms with E-state index in [1.54, 1.807) is 11.3 Å². The van der Waals surface area contributed by atoms with E-state index in [1.807, 2.05) is 30.7 Å². The molecule has 4 nitrogen and oxygen atoms in total. The van der Waals surface area contributed by atoms with E-state index in [-0.39, 0.29) is 17.0 Å². The highest BCUT2D eigenvalue weighted by Gasteiger charge is 2.21. The maximum absolute atomic E-state index is 14.0. The van der Waals surface area contributed by atoms with Crippen LogP contribution in [0, 0.1) is 12.7 Å². The minimum absolute atomic E-state index is 0.0137. The second kappa shape index (κ2) is 4.79. The molecule has 0 unspecified atom stereocenters. The summed E-state index contributed by atoms with van der Waals surface area (Å²) in [5, 5.41) is 2.06. The Bertz CT molecular complexity index is 793. The van der Waals surface area contributed by atoms with Gasteiger partial charge in [0.05, 0.1) is 6.20 Å². The molecule has 0 radical (unpaired) electrons. The van der Waals surface area contributed by atoms with E-state index in [1.165, 1.54) is 0 Å². The van der Waals surface area contributed by atoms with Gasteiger partial charge in [-0.25, -0.2) is 19.3 Å². The van der Waals surface area contributed by atoms with Gasteiger partial charge in [0.15, 0.2) is 11.6 Å². The molecule has 0 N–H and O–H groups in total. The summed E-state index contributed by atoms with van der Waals surface area (Å²) in [6.45, 7) is 6.05. The normalized spacial score (nSPS) is 11.7. The van der Waals surface area contributed by atoms with Crippen molar-refractivity contribution in [1.82, 2.24) is 19.5 Å². The van der Waals surface area contributed by atoms with Crippen LogP contribution in [-0.4, -0.2) is 19.5 Å². The number of imidazole rings is 1. The number of fused-ring (bicyclic) bond motifs is 1. The first kappa shape index (κ1) is 13.5. The van der Waals surface area contributed by atoms with Gasteiger partial charge in [-0.2, -0.15) is 0 Å². The zero-order valence-electron chi connectivity index (χ0n) is 11.2. The summed E-state index contributed by atoms with van der Waals surface area (Å²) in [5.74, 6) is -0.0293. The number of hydrogen-bond donors (Lipinski definition) is 0. The van der Waals surface area contributed by atoms with Gasteiger partial charge < -0.3 is 4.57 Å². The summed E-state index contributed by atoms with van der Waals surface area (Å²) in [5.41, 5.74) is 2.10. The van der Waals surface area contributed by atoms with Crippen molar-refractivity contribution in [2.24, 2.45) is 0 Å². The Balaban J connectivity index is 2.35. The first-order chi connectivity index (χ1) is 9.49. The van der Waals surface area contributed by atoms with E-state index < -0.39 is 5.82 Å². The van der Waals surface area contributed by atoms with Gasteiger partial charge in [0.2, 0.25) is 5.28 Å². The molecule has 0 aromatic carbocycles. The monoisotopic (exact) mass is 310 g/mol. The van der Waals surface area contributed by atoms with E-state index in [2.05, 4.69) is 15.0 Å². The lowest BCUT2D eigenvalue weighted by atomic mass is 10.3. The fourth-order valence-electron chi connectivity index (χ4n) is 2.14. The van der Waals surface area contributed by atoms with E-state index in [0.717, 1.165) is 22.1 Å². The maximum atomic E-state index is 14.0. The molecule has 3 heterocycles.